The van der Waals surface area contributed by atoms with Gasteiger partial charge in [-0.15, -0.1) is 0 Å². The first kappa shape index (κ1) is 12.6. The maximum Gasteiger partial charge on any atom is 0.272 e. The van der Waals surface area contributed by atoms with Crippen LogP contribution in [0.2, 0.25) is 0 Å². The van der Waals surface area contributed by atoms with Crippen molar-refractivity contribution in [3.8, 4) is 0 Å². The van der Waals surface area contributed by atoms with Crippen LogP contribution >= 0.6 is 15.9 Å². The number of nitrogens with one attached hydrogen (secondary N) is 2. The molecule has 19 heavy (non-hydrogen) atoms. The lowest BCUT2D eigenvalue weighted by Gasteiger charge is -2.09. The van der Waals surface area contributed by atoms with Gasteiger partial charge in [-0.05, 0) is 31.0 Å². The lowest BCUT2D eigenvalue weighted by Crippen LogP contribution is -2.32. The predicted molar refractivity (Wildman–Crippen MR) is 75.1 cm³/mol. The number of carbonyl (C=O) groups is 1. The number of hydrogen-bond acceptors (Lipinski definition) is 3. The number of aromatic amines is 1. The number of rotatable bonds is 3. The molecule has 1 unspecified atom stereocenters. The topological polar surface area (TPSA) is 67.0 Å². The van der Waals surface area contributed by atoms with Crippen LogP contribution in [0, 0.1) is 0 Å². The molecule has 1 amide bonds. The first-order chi connectivity index (χ1) is 9.24. The standard InChI is InChI=1S/C13H14BrN3O2/c14-8-3-4-11-10(6-8)12(17-16-11)13(18)15-7-9-2-1-5-19-9/h3-4,6,9H,1-2,5,7H2,(H,15,18)(H,16,17). The number of H-pyrrole nitrogens is 1. The minimum atomic E-state index is -0.167. The van der Waals surface area contributed by atoms with Crippen molar-refractivity contribution in [2.45, 2.75) is 18.9 Å². The molecule has 6 heteroatoms. The highest BCUT2D eigenvalue weighted by Gasteiger charge is 2.19. The molecule has 0 saturated carbocycles. The van der Waals surface area contributed by atoms with Gasteiger partial charge in [0.25, 0.3) is 5.91 Å². The van der Waals surface area contributed by atoms with E-state index < -0.39 is 0 Å². The molecule has 2 heterocycles. The maximum absolute atomic E-state index is 12.1. The molecule has 5 nitrogen and oxygen atoms in total. The Morgan fingerprint density at radius 1 is 1.58 bits per heavy atom. The van der Waals surface area contributed by atoms with Gasteiger partial charge in [-0.25, -0.2) is 0 Å². The molecule has 3 rings (SSSR count). The summed E-state index contributed by atoms with van der Waals surface area (Å²) in [5.41, 5.74) is 1.28. The molecule has 1 atom stereocenters. The lowest BCUT2D eigenvalue weighted by molar-refractivity contribution is 0.0855. The van der Waals surface area contributed by atoms with E-state index in [-0.39, 0.29) is 12.0 Å². The van der Waals surface area contributed by atoms with Crippen LogP contribution in [-0.4, -0.2) is 35.4 Å². The molecule has 0 aliphatic carbocycles. The van der Waals surface area contributed by atoms with Crippen molar-refractivity contribution in [3.05, 3.63) is 28.4 Å². The molecular formula is C13H14BrN3O2. The highest BCUT2D eigenvalue weighted by molar-refractivity contribution is 9.10. The second kappa shape index (κ2) is 5.30. The number of fused-ring (bicyclic) bond motifs is 1. The summed E-state index contributed by atoms with van der Waals surface area (Å²) in [5.74, 6) is -0.167. The zero-order chi connectivity index (χ0) is 13.2. The highest BCUT2D eigenvalue weighted by atomic mass is 79.9. The number of halogens is 1. The SMILES string of the molecule is O=C(NCC1CCCO1)c1n[nH]c2ccc(Br)cc12. The van der Waals surface area contributed by atoms with Crippen molar-refractivity contribution in [1.29, 1.82) is 0 Å². The lowest BCUT2D eigenvalue weighted by atomic mass is 10.2. The van der Waals surface area contributed by atoms with Crippen LogP contribution in [0.15, 0.2) is 22.7 Å². The quantitative estimate of drug-likeness (QED) is 0.910. The number of nitrogens with zero attached hydrogens (tertiary/aromatic N) is 1. The van der Waals surface area contributed by atoms with Crippen molar-refractivity contribution in [1.82, 2.24) is 15.5 Å². The monoisotopic (exact) mass is 323 g/mol. The summed E-state index contributed by atoms with van der Waals surface area (Å²) < 4.78 is 6.40. The summed E-state index contributed by atoms with van der Waals surface area (Å²) in [4.78, 5) is 12.1. The van der Waals surface area contributed by atoms with Gasteiger partial charge in [0.1, 0.15) is 0 Å². The largest absolute Gasteiger partial charge is 0.376 e. The Bertz CT molecular complexity index is 605. The molecule has 1 aliphatic rings. The molecule has 2 N–H and O–H groups in total. The number of hydrogen-bond donors (Lipinski definition) is 2. The Hall–Kier alpha value is -1.40. The maximum atomic E-state index is 12.1. The average Bonchev–Trinajstić information content (AvgIpc) is 3.04. The summed E-state index contributed by atoms with van der Waals surface area (Å²) in [6.45, 7) is 1.33. The molecule has 1 aliphatic heterocycles. The van der Waals surface area contributed by atoms with Crippen LogP contribution in [-0.2, 0) is 4.74 Å². The molecule has 1 saturated heterocycles. The van der Waals surface area contributed by atoms with Crippen LogP contribution in [0.1, 0.15) is 23.3 Å². The third-order valence-electron chi connectivity index (χ3n) is 3.25. The summed E-state index contributed by atoms with van der Waals surface area (Å²) in [7, 11) is 0. The van der Waals surface area contributed by atoms with E-state index in [0.717, 1.165) is 34.8 Å². The van der Waals surface area contributed by atoms with Crippen molar-refractivity contribution in [2.24, 2.45) is 0 Å². The molecule has 2 aromatic rings. The van der Waals surface area contributed by atoms with E-state index in [4.69, 9.17) is 4.74 Å². The Morgan fingerprint density at radius 3 is 3.26 bits per heavy atom. The minimum absolute atomic E-state index is 0.140. The van der Waals surface area contributed by atoms with Crippen molar-refractivity contribution in [3.63, 3.8) is 0 Å². The molecule has 0 bridgehead atoms. The second-order valence-corrected chi connectivity index (χ2v) is 5.52. The van der Waals surface area contributed by atoms with Crippen molar-refractivity contribution in [2.75, 3.05) is 13.2 Å². The van der Waals surface area contributed by atoms with Gasteiger partial charge in [0.05, 0.1) is 11.6 Å². The summed E-state index contributed by atoms with van der Waals surface area (Å²) in [5, 5.41) is 10.6. The Kier molecular flexibility index (Phi) is 3.52. The Labute approximate surface area is 118 Å². The zero-order valence-corrected chi connectivity index (χ0v) is 11.9. The van der Waals surface area contributed by atoms with Gasteiger partial charge in [0.15, 0.2) is 5.69 Å². The second-order valence-electron chi connectivity index (χ2n) is 4.61. The molecule has 0 radical (unpaired) electrons. The van der Waals surface area contributed by atoms with Crippen molar-refractivity contribution >= 4 is 32.7 Å². The molecule has 1 aromatic carbocycles. The molecular weight excluding hydrogens is 310 g/mol. The smallest absolute Gasteiger partial charge is 0.272 e. The fraction of sp³-hybridized carbons (Fsp3) is 0.385. The molecule has 1 fully saturated rings. The van der Waals surface area contributed by atoms with Gasteiger partial charge < -0.3 is 10.1 Å². The van der Waals surface area contributed by atoms with E-state index in [2.05, 4.69) is 31.4 Å². The number of benzene rings is 1. The van der Waals surface area contributed by atoms with E-state index in [1.807, 2.05) is 18.2 Å². The number of amides is 1. The zero-order valence-electron chi connectivity index (χ0n) is 10.3. The van der Waals surface area contributed by atoms with Crippen LogP contribution in [0.3, 0.4) is 0 Å². The highest BCUT2D eigenvalue weighted by Crippen LogP contribution is 2.21. The number of aromatic nitrogens is 2. The van der Waals surface area contributed by atoms with Gasteiger partial charge in [0, 0.05) is 23.0 Å². The Morgan fingerprint density at radius 2 is 2.47 bits per heavy atom. The first-order valence-electron chi connectivity index (χ1n) is 6.27. The summed E-state index contributed by atoms with van der Waals surface area (Å²) in [6.07, 6.45) is 2.22. The number of ether oxygens (including phenoxy) is 1. The van der Waals surface area contributed by atoms with Gasteiger partial charge in [-0.3, -0.25) is 9.89 Å². The predicted octanol–water partition coefficient (Wildman–Crippen LogP) is 2.23. The molecule has 100 valence electrons. The Balaban J connectivity index is 1.75. The van der Waals surface area contributed by atoms with E-state index in [9.17, 15) is 4.79 Å². The van der Waals surface area contributed by atoms with Gasteiger partial charge in [-0.2, -0.15) is 5.10 Å². The van der Waals surface area contributed by atoms with Crippen LogP contribution in [0.25, 0.3) is 10.9 Å². The molecule has 0 spiro atoms. The fourth-order valence-electron chi connectivity index (χ4n) is 2.25. The minimum Gasteiger partial charge on any atom is -0.376 e. The van der Waals surface area contributed by atoms with Crippen LogP contribution in [0.5, 0.6) is 0 Å². The third kappa shape index (κ3) is 2.64. The van der Waals surface area contributed by atoms with Crippen LogP contribution < -0.4 is 5.32 Å². The normalized spacial score (nSPS) is 18.9. The average molecular weight is 324 g/mol. The third-order valence-corrected chi connectivity index (χ3v) is 3.75. The van der Waals surface area contributed by atoms with E-state index >= 15 is 0 Å². The van der Waals surface area contributed by atoms with E-state index in [1.54, 1.807) is 0 Å². The van der Waals surface area contributed by atoms with Crippen LogP contribution in [0.4, 0.5) is 0 Å². The number of carbonyl (C=O) groups excluding carboxylic acids is 1. The van der Waals surface area contributed by atoms with Crippen molar-refractivity contribution < 1.29 is 9.53 Å². The van der Waals surface area contributed by atoms with Gasteiger partial charge >= 0.3 is 0 Å². The van der Waals surface area contributed by atoms with Gasteiger partial charge in [-0.1, -0.05) is 15.9 Å². The summed E-state index contributed by atoms with van der Waals surface area (Å²) >= 11 is 3.40. The van der Waals surface area contributed by atoms with E-state index in [0.29, 0.717) is 12.2 Å². The molecule has 1 aromatic heterocycles. The first-order valence-corrected chi connectivity index (χ1v) is 7.07. The summed E-state index contributed by atoms with van der Waals surface area (Å²) in [6, 6.07) is 5.69. The fourth-order valence-corrected chi connectivity index (χ4v) is 2.62. The van der Waals surface area contributed by atoms with E-state index in [1.165, 1.54) is 0 Å². The van der Waals surface area contributed by atoms with Gasteiger partial charge in [0.2, 0.25) is 0 Å².